The highest BCUT2D eigenvalue weighted by Crippen LogP contribution is 2.21. The van der Waals surface area contributed by atoms with Crippen molar-refractivity contribution in [3.8, 4) is 0 Å². The van der Waals surface area contributed by atoms with Gasteiger partial charge in [-0.2, -0.15) is 0 Å². The summed E-state index contributed by atoms with van der Waals surface area (Å²) in [6.45, 7) is 3.97. The molecule has 0 amide bonds. The van der Waals surface area contributed by atoms with Crippen molar-refractivity contribution in [3.05, 3.63) is 11.6 Å². The van der Waals surface area contributed by atoms with Gasteiger partial charge in [-0.15, -0.1) is 11.3 Å². The minimum absolute atomic E-state index is 0.645. The lowest BCUT2D eigenvalue weighted by molar-refractivity contribution is 0.193. The largest absolute Gasteiger partial charge is 0.383 e. The quantitative estimate of drug-likeness (QED) is 0.790. The fraction of sp³-hybridized carbons (Fsp3) is 0.727. The van der Waals surface area contributed by atoms with E-state index in [1.807, 2.05) is 11.6 Å². The van der Waals surface area contributed by atoms with E-state index in [-0.39, 0.29) is 0 Å². The predicted octanol–water partition coefficient (Wildman–Crippen LogP) is 1.35. The number of rotatable bonds is 5. The zero-order valence-electron chi connectivity index (χ0n) is 9.69. The van der Waals surface area contributed by atoms with Crippen molar-refractivity contribution in [2.24, 2.45) is 0 Å². The Kier molecular flexibility index (Phi) is 4.56. The van der Waals surface area contributed by atoms with Gasteiger partial charge in [0.15, 0.2) is 5.13 Å². The maximum absolute atomic E-state index is 5.03. The van der Waals surface area contributed by atoms with Gasteiger partial charge in [0.05, 0.1) is 6.61 Å². The second-order valence-corrected chi connectivity index (χ2v) is 4.90. The summed E-state index contributed by atoms with van der Waals surface area (Å²) in [5, 5.41) is 6.72. The fourth-order valence-electron chi connectivity index (χ4n) is 2.01. The van der Waals surface area contributed by atoms with Crippen LogP contribution < -0.4 is 10.2 Å². The number of methoxy groups -OCH3 is 1. The van der Waals surface area contributed by atoms with Crippen molar-refractivity contribution >= 4 is 16.5 Å². The summed E-state index contributed by atoms with van der Waals surface area (Å²) in [6, 6.07) is 0.645. The Bertz CT molecular complexity index is 283. The zero-order valence-corrected chi connectivity index (χ0v) is 10.5. The Morgan fingerprint density at radius 2 is 2.38 bits per heavy atom. The fourth-order valence-corrected chi connectivity index (χ4v) is 2.71. The molecule has 0 saturated carbocycles. The molecule has 16 heavy (non-hydrogen) atoms. The lowest BCUT2D eigenvalue weighted by atomic mass is 10.1. The van der Waals surface area contributed by atoms with Crippen LogP contribution in [0.5, 0.6) is 0 Å². The Morgan fingerprint density at radius 3 is 3.00 bits per heavy atom. The number of thiazole rings is 1. The highest BCUT2D eigenvalue weighted by Gasteiger charge is 2.19. The average molecular weight is 241 g/mol. The van der Waals surface area contributed by atoms with Crippen molar-refractivity contribution < 1.29 is 4.74 Å². The molecule has 1 aromatic heterocycles. The van der Waals surface area contributed by atoms with E-state index in [0.717, 1.165) is 31.4 Å². The van der Waals surface area contributed by atoms with E-state index < -0.39 is 0 Å². The minimum atomic E-state index is 0.645. The molecule has 1 N–H and O–H groups in total. The van der Waals surface area contributed by atoms with Gasteiger partial charge in [0.1, 0.15) is 0 Å². The molecule has 0 atom stereocenters. The molecule has 90 valence electrons. The normalized spacial score (nSPS) is 17.9. The summed E-state index contributed by atoms with van der Waals surface area (Å²) < 4.78 is 5.03. The maximum atomic E-state index is 5.03. The van der Waals surface area contributed by atoms with Gasteiger partial charge in [0, 0.05) is 44.4 Å². The molecule has 0 unspecified atom stereocenters. The standard InChI is InChI=1S/C11H19N3OS/c1-15-8-4-12-10-2-6-14(7-3-10)11-13-5-9-16-11/h5,9-10,12H,2-4,6-8H2,1H3. The van der Waals surface area contributed by atoms with Crippen LogP contribution in [-0.2, 0) is 4.74 Å². The summed E-state index contributed by atoms with van der Waals surface area (Å²) in [5.74, 6) is 0. The van der Waals surface area contributed by atoms with Crippen LogP contribution in [0.25, 0.3) is 0 Å². The molecule has 1 aliphatic rings. The molecule has 0 radical (unpaired) electrons. The second kappa shape index (κ2) is 6.18. The molecular formula is C11H19N3OS. The van der Waals surface area contributed by atoms with Gasteiger partial charge in [0.2, 0.25) is 0 Å². The number of hydrogen-bond acceptors (Lipinski definition) is 5. The van der Waals surface area contributed by atoms with Crippen molar-refractivity contribution in [2.45, 2.75) is 18.9 Å². The third kappa shape index (κ3) is 3.17. The smallest absolute Gasteiger partial charge is 0.185 e. The Balaban J connectivity index is 1.70. The predicted molar refractivity (Wildman–Crippen MR) is 67.2 cm³/mol. The lowest BCUT2D eigenvalue weighted by Crippen LogP contribution is -2.43. The number of ether oxygens (including phenoxy) is 1. The van der Waals surface area contributed by atoms with Crippen molar-refractivity contribution in [2.75, 3.05) is 38.3 Å². The van der Waals surface area contributed by atoms with Crippen molar-refractivity contribution in [1.82, 2.24) is 10.3 Å². The first-order valence-electron chi connectivity index (χ1n) is 5.77. The third-order valence-corrected chi connectivity index (χ3v) is 3.76. The SMILES string of the molecule is COCCNC1CCN(c2nccs2)CC1. The molecule has 1 aliphatic heterocycles. The van der Waals surface area contributed by atoms with Crippen LogP contribution in [0.1, 0.15) is 12.8 Å². The summed E-state index contributed by atoms with van der Waals surface area (Å²) in [6.07, 6.45) is 4.27. The molecule has 2 rings (SSSR count). The van der Waals surface area contributed by atoms with Gasteiger partial charge in [0.25, 0.3) is 0 Å². The minimum Gasteiger partial charge on any atom is -0.383 e. The van der Waals surface area contributed by atoms with Crippen LogP contribution in [0.15, 0.2) is 11.6 Å². The first kappa shape index (κ1) is 11.8. The van der Waals surface area contributed by atoms with Crippen molar-refractivity contribution in [1.29, 1.82) is 0 Å². The first-order chi connectivity index (χ1) is 7.90. The van der Waals surface area contributed by atoms with Crippen LogP contribution in [0.2, 0.25) is 0 Å². The van der Waals surface area contributed by atoms with Crippen LogP contribution in [0.4, 0.5) is 5.13 Å². The number of hydrogen-bond donors (Lipinski definition) is 1. The highest BCUT2D eigenvalue weighted by molar-refractivity contribution is 7.13. The van der Waals surface area contributed by atoms with Gasteiger partial charge in [-0.25, -0.2) is 4.98 Å². The number of anilines is 1. The summed E-state index contributed by atoms with van der Waals surface area (Å²) in [4.78, 5) is 6.72. The second-order valence-electron chi connectivity index (χ2n) is 4.02. The van der Waals surface area contributed by atoms with E-state index in [9.17, 15) is 0 Å². The van der Waals surface area contributed by atoms with E-state index in [2.05, 4.69) is 15.2 Å². The summed E-state index contributed by atoms with van der Waals surface area (Å²) in [5.41, 5.74) is 0. The summed E-state index contributed by atoms with van der Waals surface area (Å²) >= 11 is 1.73. The number of piperidine rings is 1. The number of nitrogens with zero attached hydrogens (tertiary/aromatic N) is 2. The van der Waals surface area contributed by atoms with Crippen LogP contribution in [0.3, 0.4) is 0 Å². The Morgan fingerprint density at radius 1 is 1.56 bits per heavy atom. The zero-order chi connectivity index (χ0) is 11.2. The van der Waals surface area contributed by atoms with Gasteiger partial charge in [-0.3, -0.25) is 0 Å². The van der Waals surface area contributed by atoms with Crippen LogP contribution >= 0.6 is 11.3 Å². The molecule has 0 spiro atoms. The molecule has 0 aromatic carbocycles. The van der Waals surface area contributed by atoms with E-state index in [0.29, 0.717) is 6.04 Å². The molecule has 0 bridgehead atoms. The molecule has 1 aromatic rings. The topological polar surface area (TPSA) is 37.4 Å². The Hall–Kier alpha value is -0.650. The van der Waals surface area contributed by atoms with Gasteiger partial charge < -0.3 is 15.0 Å². The highest BCUT2D eigenvalue weighted by atomic mass is 32.1. The Labute approximate surface area is 101 Å². The van der Waals surface area contributed by atoms with Crippen LogP contribution in [-0.4, -0.2) is 44.4 Å². The van der Waals surface area contributed by atoms with Crippen LogP contribution in [0, 0.1) is 0 Å². The molecule has 5 heteroatoms. The van der Waals surface area contributed by atoms with E-state index in [1.54, 1.807) is 18.4 Å². The van der Waals surface area contributed by atoms with E-state index in [4.69, 9.17) is 4.74 Å². The number of aromatic nitrogens is 1. The average Bonchev–Trinajstić information content (AvgIpc) is 2.84. The molecule has 4 nitrogen and oxygen atoms in total. The lowest BCUT2D eigenvalue weighted by Gasteiger charge is -2.32. The molecular weight excluding hydrogens is 222 g/mol. The monoisotopic (exact) mass is 241 g/mol. The first-order valence-corrected chi connectivity index (χ1v) is 6.65. The molecule has 1 fully saturated rings. The van der Waals surface area contributed by atoms with E-state index in [1.165, 1.54) is 12.8 Å². The van der Waals surface area contributed by atoms with Gasteiger partial charge in [-0.05, 0) is 12.8 Å². The van der Waals surface area contributed by atoms with E-state index >= 15 is 0 Å². The third-order valence-electron chi connectivity index (χ3n) is 2.92. The maximum Gasteiger partial charge on any atom is 0.185 e. The van der Waals surface area contributed by atoms with Gasteiger partial charge >= 0.3 is 0 Å². The molecule has 2 heterocycles. The van der Waals surface area contributed by atoms with Gasteiger partial charge in [-0.1, -0.05) is 0 Å². The van der Waals surface area contributed by atoms with Crippen molar-refractivity contribution in [3.63, 3.8) is 0 Å². The summed E-state index contributed by atoms with van der Waals surface area (Å²) in [7, 11) is 1.74. The molecule has 0 aliphatic carbocycles. The molecule has 1 saturated heterocycles. The number of nitrogens with one attached hydrogen (secondary N) is 1.